The van der Waals surface area contributed by atoms with Crippen LogP contribution in [-0.2, 0) is 9.59 Å². The van der Waals surface area contributed by atoms with Crippen LogP contribution in [0.25, 0.3) is 0 Å². The summed E-state index contributed by atoms with van der Waals surface area (Å²) in [6, 6.07) is 7.33. The molecule has 1 fully saturated rings. The number of amides is 1. The highest BCUT2D eigenvalue weighted by molar-refractivity contribution is 7.80. The number of aliphatic hydroxyl groups is 1. The molecule has 0 atom stereocenters. The van der Waals surface area contributed by atoms with Gasteiger partial charge in [-0.25, -0.2) is 0 Å². The van der Waals surface area contributed by atoms with E-state index in [9.17, 15) is 14.7 Å². The van der Waals surface area contributed by atoms with E-state index in [2.05, 4.69) is 0 Å². The molecule has 0 aromatic heterocycles. The molecule has 2 aliphatic heterocycles. The highest BCUT2D eigenvalue weighted by Crippen LogP contribution is 2.38. The van der Waals surface area contributed by atoms with Gasteiger partial charge in [0.25, 0.3) is 5.91 Å². The fourth-order valence-corrected chi connectivity index (χ4v) is 3.62. The summed E-state index contributed by atoms with van der Waals surface area (Å²) < 4.78 is 5.87. The summed E-state index contributed by atoms with van der Waals surface area (Å²) in [7, 11) is 0. The van der Waals surface area contributed by atoms with Gasteiger partial charge in [-0.15, -0.1) is 0 Å². The molecule has 0 saturated carbocycles. The van der Waals surface area contributed by atoms with Crippen molar-refractivity contribution >= 4 is 34.9 Å². The number of allylic oxidation sites excluding steroid dienone is 2. The molecule has 9 heteroatoms. The van der Waals surface area contributed by atoms with E-state index in [1.807, 2.05) is 25.1 Å². The minimum atomic E-state index is -0.910. The van der Waals surface area contributed by atoms with Crippen LogP contribution in [0.15, 0.2) is 48.0 Å². The number of anilines is 1. The van der Waals surface area contributed by atoms with Crippen molar-refractivity contribution in [2.24, 2.45) is 0 Å². The Kier molecular flexibility index (Phi) is 6.50. The van der Waals surface area contributed by atoms with Crippen LogP contribution >= 0.6 is 12.2 Å². The number of aliphatic carboxylic acids is 1. The molecule has 1 saturated heterocycles. The number of benzene rings is 1. The van der Waals surface area contributed by atoms with E-state index in [0.717, 1.165) is 12.1 Å². The number of hydrogen-bond acceptors (Lipinski definition) is 6. The number of fused-ring (bicyclic) bond motifs is 1. The molecule has 3 rings (SSSR count). The Bertz CT molecular complexity index is 883. The van der Waals surface area contributed by atoms with E-state index in [4.69, 9.17) is 22.1 Å². The maximum absolute atomic E-state index is 12.8. The van der Waals surface area contributed by atoms with E-state index < -0.39 is 5.97 Å². The van der Waals surface area contributed by atoms with Crippen LogP contribution in [0.5, 0.6) is 5.75 Å². The molecule has 0 unspecified atom stereocenters. The molecule has 2 N–H and O–H groups in total. The molecule has 1 aromatic rings. The summed E-state index contributed by atoms with van der Waals surface area (Å²) in [5.41, 5.74) is 1.12. The highest BCUT2D eigenvalue weighted by Gasteiger charge is 2.37. The largest absolute Gasteiger partial charge is 0.481 e. The second-order valence-electron chi connectivity index (χ2n) is 6.54. The normalized spacial score (nSPS) is 18.8. The first kappa shape index (κ1) is 20.8. The third kappa shape index (κ3) is 4.25. The van der Waals surface area contributed by atoms with Gasteiger partial charge in [0.1, 0.15) is 5.70 Å². The van der Waals surface area contributed by atoms with Gasteiger partial charge >= 0.3 is 5.97 Å². The van der Waals surface area contributed by atoms with Gasteiger partial charge in [0, 0.05) is 25.7 Å². The molecule has 8 nitrogen and oxygen atoms in total. The number of β-amino-alcohol motifs (C(OH)–C–C–N with tert-alkyl or cyclic N) is 1. The molecule has 2 heterocycles. The van der Waals surface area contributed by atoms with Crippen molar-refractivity contribution in [3.63, 3.8) is 0 Å². The van der Waals surface area contributed by atoms with Crippen molar-refractivity contribution in [1.29, 1.82) is 0 Å². The van der Waals surface area contributed by atoms with E-state index in [0.29, 0.717) is 29.0 Å². The van der Waals surface area contributed by atoms with Gasteiger partial charge in [-0.1, -0.05) is 19.1 Å². The first-order valence-corrected chi connectivity index (χ1v) is 9.81. The SMILES string of the molecule is CCCN1C(=O)/C(=C/C=C2\Oc3ccccc3N2CCC(=O)O)N(CCO)C1=S. The van der Waals surface area contributed by atoms with Crippen molar-refractivity contribution in [3.8, 4) is 5.75 Å². The third-order valence-electron chi connectivity index (χ3n) is 4.56. The van der Waals surface area contributed by atoms with Crippen LogP contribution in [0.2, 0.25) is 0 Å². The lowest BCUT2D eigenvalue weighted by molar-refractivity contribution is -0.136. The number of ether oxygens (including phenoxy) is 1. The van der Waals surface area contributed by atoms with Crippen molar-refractivity contribution < 1.29 is 24.5 Å². The number of hydrogen-bond donors (Lipinski definition) is 2. The fourth-order valence-electron chi connectivity index (χ4n) is 3.25. The number of para-hydroxylation sites is 2. The Morgan fingerprint density at radius 3 is 2.59 bits per heavy atom. The summed E-state index contributed by atoms with van der Waals surface area (Å²) in [6.45, 7) is 2.76. The Morgan fingerprint density at radius 1 is 1.14 bits per heavy atom. The van der Waals surface area contributed by atoms with Gasteiger partial charge in [0.2, 0.25) is 5.88 Å². The topological polar surface area (TPSA) is 93.5 Å². The van der Waals surface area contributed by atoms with Crippen LogP contribution in [0.3, 0.4) is 0 Å². The predicted molar refractivity (Wildman–Crippen MR) is 111 cm³/mol. The molecular weight excluding hydrogens is 394 g/mol. The zero-order valence-corrected chi connectivity index (χ0v) is 16.9. The molecule has 1 aromatic carbocycles. The number of rotatable bonds is 8. The standard InChI is InChI=1S/C20H23N3O5S/c1-2-10-23-19(27)15(22(12-13-24)20(23)29)7-8-17-21(11-9-18(25)26)14-5-3-4-6-16(14)28-17/h3-8,24H,2,9-13H2,1H3,(H,25,26)/b15-7-,17-8-. The molecular formula is C20H23N3O5S. The van der Waals surface area contributed by atoms with Crippen LogP contribution in [-0.4, -0.2) is 63.2 Å². The quantitative estimate of drug-likeness (QED) is 0.490. The van der Waals surface area contributed by atoms with Crippen molar-refractivity contribution in [1.82, 2.24) is 9.80 Å². The van der Waals surface area contributed by atoms with Crippen LogP contribution in [0.4, 0.5) is 5.69 Å². The Hall–Kier alpha value is -2.91. The van der Waals surface area contributed by atoms with Crippen LogP contribution < -0.4 is 9.64 Å². The molecule has 1 amide bonds. The van der Waals surface area contributed by atoms with Crippen molar-refractivity contribution in [3.05, 3.63) is 48.0 Å². The Morgan fingerprint density at radius 2 is 1.90 bits per heavy atom. The lowest BCUT2D eigenvalue weighted by atomic mass is 10.2. The zero-order chi connectivity index (χ0) is 21.0. The third-order valence-corrected chi connectivity index (χ3v) is 5.00. The van der Waals surface area contributed by atoms with E-state index in [1.165, 1.54) is 4.90 Å². The zero-order valence-electron chi connectivity index (χ0n) is 16.1. The van der Waals surface area contributed by atoms with Crippen LogP contribution in [0.1, 0.15) is 19.8 Å². The monoisotopic (exact) mass is 417 g/mol. The van der Waals surface area contributed by atoms with Gasteiger partial charge in [-0.3, -0.25) is 14.5 Å². The first-order valence-electron chi connectivity index (χ1n) is 9.40. The van der Waals surface area contributed by atoms with Gasteiger partial charge in [0.05, 0.1) is 18.7 Å². The average Bonchev–Trinajstić information content (AvgIpc) is 3.16. The first-order chi connectivity index (χ1) is 14.0. The maximum atomic E-state index is 12.8. The number of thiocarbonyl (C=S) groups is 1. The van der Waals surface area contributed by atoms with Crippen molar-refractivity contribution in [2.45, 2.75) is 19.8 Å². The number of carbonyl (C=O) groups is 2. The highest BCUT2D eigenvalue weighted by atomic mass is 32.1. The van der Waals surface area contributed by atoms with Gasteiger partial charge in [-0.2, -0.15) is 0 Å². The molecule has 0 bridgehead atoms. The lowest BCUT2D eigenvalue weighted by Gasteiger charge is -2.19. The molecule has 29 heavy (non-hydrogen) atoms. The molecule has 154 valence electrons. The Balaban J connectivity index is 1.92. The van der Waals surface area contributed by atoms with Crippen LogP contribution in [0, 0.1) is 0 Å². The number of aliphatic hydroxyl groups excluding tert-OH is 1. The van der Waals surface area contributed by atoms with Gasteiger partial charge in [0.15, 0.2) is 10.9 Å². The van der Waals surface area contributed by atoms with E-state index in [1.54, 1.807) is 28.0 Å². The predicted octanol–water partition coefficient (Wildman–Crippen LogP) is 1.92. The Labute approximate surface area is 174 Å². The molecule has 2 aliphatic rings. The minimum absolute atomic E-state index is 0.0600. The van der Waals surface area contributed by atoms with Gasteiger partial charge in [-0.05, 0) is 36.8 Å². The van der Waals surface area contributed by atoms with Gasteiger partial charge < -0.3 is 24.7 Å². The smallest absolute Gasteiger partial charge is 0.305 e. The number of carbonyl (C=O) groups excluding carboxylic acids is 1. The van der Waals surface area contributed by atoms with E-state index in [-0.39, 0.29) is 32.0 Å². The number of nitrogens with zero attached hydrogens (tertiary/aromatic N) is 3. The average molecular weight is 417 g/mol. The lowest BCUT2D eigenvalue weighted by Crippen LogP contribution is -2.34. The fraction of sp³-hybridized carbons (Fsp3) is 0.350. The summed E-state index contributed by atoms with van der Waals surface area (Å²) in [6.07, 6.45) is 3.94. The molecule has 0 radical (unpaired) electrons. The number of carboxylic acid groups (broad SMARTS) is 1. The second-order valence-corrected chi connectivity index (χ2v) is 6.90. The minimum Gasteiger partial charge on any atom is -0.481 e. The molecule has 0 spiro atoms. The van der Waals surface area contributed by atoms with Crippen molar-refractivity contribution in [2.75, 3.05) is 31.1 Å². The number of carboxylic acids is 1. The van der Waals surface area contributed by atoms with E-state index >= 15 is 0 Å². The maximum Gasteiger partial charge on any atom is 0.305 e. The summed E-state index contributed by atoms with van der Waals surface area (Å²) in [5, 5.41) is 18.8. The summed E-state index contributed by atoms with van der Waals surface area (Å²) >= 11 is 5.40. The summed E-state index contributed by atoms with van der Waals surface area (Å²) in [5.74, 6) is -0.0883. The summed E-state index contributed by atoms with van der Waals surface area (Å²) in [4.78, 5) is 28.7. The second kappa shape index (κ2) is 9.06. The molecule has 0 aliphatic carbocycles.